The molecule has 0 aromatic heterocycles. The summed E-state index contributed by atoms with van der Waals surface area (Å²) in [6.45, 7) is 4.50. The fourth-order valence-corrected chi connectivity index (χ4v) is 2.66. The molecular weight excluding hydrogens is 421 g/mol. The predicted molar refractivity (Wildman–Crippen MR) is 113 cm³/mol. The molecule has 0 atom stereocenters. The first-order valence-corrected chi connectivity index (χ1v) is 9.23. The van der Waals surface area contributed by atoms with E-state index in [0.29, 0.717) is 6.61 Å². The molecule has 1 rings (SSSR count). The highest BCUT2D eigenvalue weighted by Crippen LogP contribution is 2.13. The standard InChI is InChI=1S/C17H29N3OS.HI/c1-5-21-16-10-8-15(9-11-16)14-20(3)17(18-2)19-12-6-7-13-22-4;/h8-11H,5-7,12-14H2,1-4H3,(H,18,19);1H. The minimum Gasteiger partial charge on any atom is -0.494 e. The lowest BCUT2D eigenvalue weighted by atomic mass is 10.2. The van der Waals surface area contributed by atoms with E-state index in [9.17, 15) is 0 Å². The molecule has 132 valence electrons. The molecule has 1 aromatic carbocycles. The zero-order chi connectivity index (χ0) is 16.2. The van der Waals surface area contributed by atoms with Crippen LogP contribution in [0.15, 0.2) is 29.3 Å². The highest BCUT2D eigenvalue weighted by atomic mass is 127. The van der Waals surface area contributed by atoms with Crippen LogP contribution in [-0.4, -0.2) is 50.1 Å². The first-order chi connectivity index (χ1) is 10.7. The molecule has 0 fully saturated rings. The number of rotatable bonds is 9. The van der Waals surface area contributed by atoms with E-state index in [1.807, 2.05) is 37.9 Å². The first-order valence-electron chi connectivity index (χ1n) is 7.83. The van der Waals surface area contributed by atoms with E-state index in [-0.39, 0.29) is 24.0 Å². The predicted octanol–water partition coefficient (Wildman–Crippen LogP) is 3.85. The average molecular weight is 451 g/mol. The lowest BCUT2D eigenvalue weighted by Gasteiger charge is -2.22. The Hall–Kier alpha value is -0.630. The van der Waals surface area contributed by atoms with Crippen LogP contribution in [0.2, 0.25) is 0 Å². The second-order valence-electron chi connectivity index (χ2n) is 5.11. The smallest absolute Gasteiger partial charge is 0.193 e. The average Bonchev–Trinajstić information content (AvgIpc) is 2.53. The lowest BCUT2D eigenvalue weighted by molar-refractivity contribution is 0.340. The van der Waals surface area contributed by atoms with E-state index >= 15 is 0 Å². The minimum absolute atomic E-state index is 0. The van der Waals surface area contributed by atoms with E-state index in [0.717, 1.165) is 24.8 Å². The summed E-state index contributed by atoms with van der Waals surface area (Å²) >= 11 is 1.90. The number of hydrogen-bond donors (Lipinski definition) is 1. The molecule has 0 aliphatic heterocycles. The van der Waals surface area contributed by atoms with Crippen LogP contribution in [-0.2, 0) is 6.54 Å². The molecule has 0 amide bonds. The van der Waals surface area contributed by atoms with Crippen LogP contribution in [0.3, 0.4) is 0 Å². The van der Waals surface area contributed by atoms with Crippen LogP contribution in [0.4, 0.5) is 0 Å². The molecule has 1 N–H and O–H groups in total. The molecule has 23 heavy (non-hydrogen) atoms. The quantitative estimate of drug-likeness (QED) is 0.268. The highest BCUT2D eigenvalue weighted by molar-refractivity contribution is 14.0. The molecule has 0 heterocycles. The molecule has 0 saturated heterocycles. The van der Waals surface area contributed by atoms with E-state index in [1.54, 1.807) is 0 Å². The number of aliphatic imine (C=N–C) groups is 1. The summed E-state index contributed by atoms with van der Waals surface area (Å²) < 4.78 is 5.47. The topological polar surface area (TPSA) is 36.9 Å². The fourth-order valence-electron chi connectivity index (χ4n) is 2.16. The normalized spacial score (nSPS) is 10.9. The van der Waals surface area contributed by atoms with E-state index in [4.69, 9.17) is 4.74 Å². The summed E-state index contributed by atoms with van der Waals surface area (Å²) in [5.74, 6) is 3.09. The zero-order valence-electron chi connectivity index (χ0n) is 14.7. The van der Waals surface area contributed by atoms with Gasteiger partial charge in [-0.1, -0.05) is 12.1 Å². The van der Waals surface area contributed by atoms with E-state index < -0.39 is 0 Å². The van der Waals surface area contributed by atoms with Crippen molar-refractivity contribution >= 4 is 41.7 Å². The number of nitrogens with one attached hydrogen (secondary N) is 1. The summed E-state index contributed by atoms with van der Waals surface area (Å²) in [5.41, 5.74) is 1.25. The second kappa shape index (κ2) is 13.8. The molecule has 0 saturated carbocycles. The van der Waals surface area contributed by atoms with Crippen LogP contribution < -0.4 is 10.1 Å². The van der Waals surface area contributed by atoms with Gasteiger partial charge in [0.15, 0.2) is 5.96 Å². The third kappa shape index (κ3) is 9.30. The number of nitrogens with zero attached hydrogens (tertiary/aromatic N) is 2. The van der Waals surface area contributed by atoms with Crippen molar-refractivity contribution in [2.75, 3.05) is 39.3 Å². The molecule has 0 spiro atoms. The van der Waals surface area contributed by atoms with Crippen molar-refractivity contribution in [2.24, 2.45) is 4.99 Å². The first kappa shape index (κ1) is 22.4. The number of hydrogen-bond acceptors (Lipinski definition) is 3. The SMILES string of the molecule is CCOc1ccc(CN(C)C(=NC)NCCCCSC)cc1.I. The van der Waals surface area contributed by atoms with Crippen molar-refractivity contribution in [2.45, 2.75) is 26.3 Å². The Morgan fingerprint density at radius 3 is 2.52 bits per heavy atom. The Morgan fingerprint density at radius 1 is 1.26 bits per heavy atom. The van der Waals surface area contributed by atoms with Gasteiger partial charge in [-0.05, 0) is 49.5 Å². The van der Waals surface area contributed by atoms with Crippen LogP contribution in [0.5, 0.6) is 5.75 Å². The van der Waals surface area contributed by atoms with Gasteiger partial charge >= 0.3 is 0 Å². The third-order valence-corrected chi connectivity index (χ3v) is 3.98. The van der Waals surface area contributed by atoms with E-state index in [2.05, 4.69) is 40.6 Å². The second-order valence-corrected chi connectivity index (χ2v) is 6.09. The summed E-state index contributed by atoms with van der Waals surface area (Å²) in [6, 6.07) is 8.25. The largest absolute Gasteiger partial charge is 0.494 e. The van der Waals surface area contributed by atoms with Gasteiger partial charge in [0, 0.05) is 27.2 Å². The molecule has 6 heteroatoms. The van der Waals surface area contributed by atoms with Gasteiger partial charge in [-0.2, -0.15) is 11.8 Å². The monoisotopic (exact) mass is 451 g/mol. The van der Waals surface area contributed by atoms with Crippen molar-refractivity contribution in [3.63, 3.8) is 0 Å². The van der Waals surface area contributed by atoms with Gasteiger partial charge in [0.05, 0.1) is 6.61 Å². The van der Waals surface area contributed by atoms with Gasteiger partial charge in [0.25, 0.3) is 0 Å². The Morgan fingerprint density at radius 2 is 1.96 bits per heavy atom. The van der Waals surface area contributed by atoms with Crippen molar-refractivity contribution in [1.29, 1.82) is 0 Å². The molecular formula is C17H30IN3OS. The van der Waals surface area contributed by atoms with Crippen molar-refractivity contribution in [3.8, 4) is 5.75 Å². The number of halogens is 1. The van der Waals surface area contributed by atoms with Gasteiger partial charge in [-0.25, -0.2) is 0 Å². The maximum Gasteiger partial charge on any atom is 0.193 e. The van der Waals surface area contributed by atoms with Crippen molar-refractivity contribution in [1.82, 2.24) is 10.2 Å². The number of guanidine groups is 1. The lowest BCUT2D eigenvalue weighted by Crippen LogP contribution is -2.38. The van der Waals surface area contributed by atoms with Crippen LogP contribution >= 0.6 is 35.7 Å². The molecule has 1 aromatic rings. The number of unbranched alkanes of at least 4 members (excludes halogenated alkanes) is 1. The molecule has 0 radical (unpaired) electrons. The Balaban J connectivity index is 0.00000484. The van der Waals surface area contributed by atoms with Gasteiger partial charge in [-0.3, -0.25) is 4.99 Å². The zero-order valence-corrected chi connectivity index (χ0v) is 17.8. The molecule has 0 aliphatic carbocycles. The van der Waals surface area contributed by atoms with Crippen molar-refractivity contribution < 1.29 is 4.74 Å². The van der Waals surface area contributed by atoms with Crippen LogP contribution in [0.25, 0.3) is 0 Å². The Kier molecular flexibility index (Phi) is 13.4. The summed E-state index contributed by atoms with van der Waals surface area (Å²) in [4.78, 5) is 6.49. The number of ether oxygens (including phenoxy) is 1. The maximum absolute atomic E-state index is 5.47. The van der Waals surface area contributed by atoms with Crippen LogP contribution in [0.1, 0.15) is 25.3 Å². The van der Waals surface area contributed by atoms with Gasteiger partial charge in [0.1, 0.15) is 5.75 Å². The molecule has 0 unspecified atom stereocenters. The number of benzene rings is 1. The summed E-state index contributed by atoms with van der Waals surface area (Å²) in [7, 11) is 3.90. The Labute approximate surface area is 162 Å². The highest BCUT2D eigenvalue weighted by Gasteiger charge is 2.06. The van der Waals surface area contributed by atoms with Gasteiger partial charge < -0.3 is 15.0 Å². The summed E-state index contributed by atoms with van der Waals surface area (Å²) in [6.07, 6.45) is 4.57. The molecule has 0 aliphatic rings. The summed E-state index contributed by atoms with van der Waals surface area (Å²) in [5, 5.41) is 3.42. The maximum atomic E-state index is 5.47. The Bertz CT molecular complexity index is 440. The third-order valence-electron chi connectivity index (χ3n) is 3.29. The van der Waals surface area contributed by atoms with E-state index in [1.165, 1.54) is 24.2 Å². The van der Waals surface area contributed by atoms with Gasteiger partial charge in [-0.15, -0.1) is 24.0 Å². The fraction of sp³-hybridized carbons (Fsp3) is 0.588. The van der Waals surface area contributed by atoms with Crippen LogP contribution in [0, 0.1) is 0 Å². The van der Waals surface area contributed by atoms with Crippen molar-refractivity contribution in [3.05, 3.63) is 29.8 Å². The van der Waals surface area contributed by atoms with Gasteiger partial charge in [0.2, 0.25) is 0 Å². The minimum atomic E-state index is 0. The number of thioether (sulfide) groups is 1. The molecule has 0 bridgehead atoms. The molecule has 4 nitrogen and oxygen atoms in total.